The van der Waals surface area contributed by atoms with Gasteiger partial charge in [-0.1, -0.05) is 32.9 Å². The average Bonchev–Trinajstić information content (AvgIpc) is 2.47. The Bertz CT molecular complexity index is 906. The number of imide groups is 1. The van der Waals surface area contributed by atoms with Crippen LogP contribution in [0.4, 0.5) is 0 Å². The van der Waals surface area contributed by atoms with Gasteiger partial charge in [-0.15, -0.1) is 0 Å². The maximum atomic E-state index is 13.2. The number of benzene rings is 1. The zero-order valence-electron chi connectivity index (χ0n) is 14.3. The van der Waals surface area contributed by atoms with Gasteiger partial charge in [-0.2, -0.15) is 0 Å². The van der Waals surface area contributed by atoms with Gasteiger partial charge in [0.05, 0.1) is 10.9 Å². The SMILES string of the molecule is Cc1nc2cccc(C(C)(C)C)c2c(=O)n1C1CCC(=O)NC1=O. The Hall–Kier alpha value is -2.50. The first-order chi connectivity index (χ1) is 11.2. The third kappa shape index (κ3) is 2.62. The van der Waals surface area contributed by atoms with Crippen molar-refractivity contribution in [2.45, 2.75) is 52.0 Å². The summed E-state index contributed by atoms with van der Waals surface area (Å²) in [5, 5.41) is 2.85. The van der Waals surface area contributed by atoms with Crippen molar-refractivity contribution < 1.29 is 9.59 Å². The number of nitrogens with zero attached hydrogens (tertiary/aromatic N) is 2. The molecule has 1 atom stereocenters. The number of rotatable bonds is 1. The van der Waals surface area contributed by atoms with Crippen LogP contribution in [-0.4, -0.2) is 21.4 Å². The molecule has 2 aromatic rings. The van der Waals surface area contributed by atoms with Gasteiger partial charge in [0, 0.05) is 6.42 Å². The van der Waals surface area contributed by atoms with Crippen LogP contribution in [0.1, 0.15) is 51.0 Å². The zero-order chi connectivity index (χ0) is 17.6. The first-order valence-corrected chi connectivity index (χ1v) is 8.06. The van der Waals surface area contributed by atoms with Crippen molar-refractivity contribution in [3.05, 3.63) is 39.9 Å². The van der Waals surface area contributed by atoms with Crippen LogP contribution in [0, 0.1) is 6.92 Å². The van der Waals surface area contributed by atoms with E-state index in [-0.39, 0.29) is 23.3 Å². The van der Waals surface area contributed by atoms with Crippen LogP contribution in [0.5, 0.6) is 0 Å². The first-order valence-electron chi connectivity index (χ1n) is 8.06. The van der Waals surface area contributed by atoms with E-state index in [1.807, 2.05) is 39.0 Å². The number of aromatic nitrogens is 2. The lowest BCUT2D eigenvalue weighted by Crippen LogP contribution is -2.45. The number of nitrogens with one attached hydrogen (secondary N) is 1. The van der Waals surface area contributed by atoms with Gasteiger partial charge in [-0.05, 0) is 30.4 Å². The predicted octanol–water partition coefficient (Wildman–Crippen LogP) is 1.98. The third-order valence-corrected chi connectivity index (χ3v) is 4.44. The second kappa shape index (κ2) is 5.54. The van der Waals surface area contributed by atoms with E-state index >= 15 is 0 Å². The number of hydrogen-bond donors (Lipinski definition) is 1. The molecule has 6 heteroatoms. The number of amides is 2. The van der Waals surface area contributed by atoms with E-state index in [1.165, 1.54) is 4.57 Å². The van der Waals surface area contributed by atoms with Gasteiger partial charge in [0.15, 0.2) is 0 Å². The molecule has 1 unspecified atom stereocenters. The second-order valence-electron chi connectivity index (χ2n) is 7.25. The van der Waals surface area contributed by atoms with E-state index in [1.54, 1.807) is 6.92 Å². The highest BCUT2D eigenvalue weighted by atomic mass is 16.2. The summed E-state index contributed by atoms with van der Waals surface area (Å²) in [5.74, 6) is -0.259. The molecule has 3 rings (SSSR count). The van der Waals surface area contributed by atoms with Crippen LogP contribution in [-0.2, 0) is 15.0 Å². The standard InChI is InChI=1S/C18H21N3O3/c1-10-19-12-7-5-6-11(18(2,3)4)15(12)17(24)21(10)13-8-9-14(22)20-16(13)23/h5-7,13H,8-9H2,1-4H3,(H,20,22,23). The van der Waals surface area contributed by atoms with Crippen molar-refractivity contribution >= 4 is 22.7 Å². The number of piperidine rings is 1. The molecule has 2 heterocycles. The maximum absolute atomic E-state index is 13.2. The summed E-state index contributed by atoms with van der Waals surface area (Å²) < 4.78 is 1.43. The quantitative estimate of drug-likeness (QED) is 0.812. The summed E-state index contributed by atoms with van der Waals surface area (Å²) >= 11 is 0. The van der Waals surface area contributed by atoms with Crippen LogP contribution in [0.3, 0.4) is 0 Å². The van der Waals surface area contributed by atoms with E-state index in [2.05, 4.69) is 10.3 Å². The van der Waals surface area contributed by atoms with Crippen LogP contribution >= 0.6 is 0 Å². The van der Waals surface area contributed by atoms with Crippen molar-refractivity contribution in [3.63, 3.8) is 0 Å². The third-order valence-electron chi connectivity index (χ3n) is 4.44. The summed E-state index contributed by atoms with van der Waals surface area (Å²) in [5.41, 5.74) is 1.09. The van der Waals surface area contributed by atoms with E-state index in [4.69, 9.17) is 0 Å². The highest BCUT2D eigenvalue weighted by molar-refractivity contribution is 5.99. The van der Waals surface area contributed by atoms with Gasteiger partial charge in [-0.3, -0.25) is 24.3 Å². The van der Waals surface area contributed by atoms with Crippen molar-refractivity contribution in [3.8, 4) is 0 Å². The Kier molecular flexibility index (Phi) is 3.78. The summed E-state index contributed by atoms with van der Waals surface area (Å²) in [6.07, 6.45) is 0.539. The van der Waals surface area contributed by atoms with Crippen LogP contribution < -0.4 is 10.9 Å². The van der Waals surface area contributed by atoms with Crippen LogP contribution in [0.15, 0.2) is 23.0 Å². The van der Waals surface area contributed by atoms with Gasteiger partial charge in [0.2, 0.25) is 11.8 Å². The maximum Gasteiger partial charge on any atom is 0.262 e. The summed E-state index contributed by atoms with van der Waals surface area (Å²) in [7, 11) is 0. The molecule has 1 N–H and O–H groups in total. The lowest BCUT2D eigenvalue weighted by atomic mass is 9.84. The van der Waals surface area contributed by atoms with E-state index in [0.29, 0.717) is 23.1 Å². The Morgan fingerprint density at radius 1 is 1.21 bits per heavy atom. The Labute approximate surface area is 139 Å². The first kappa shape index (κ1) is 16.4. The molecule has 1 aromatic carbocycles. The van der Waals surface area contributed by atoms with Crippen molar-refractivity contribution in [1.82, 2.24) is 14.9 Å². The molecule has 1 aliphatic heterocycles. The molecule has 1 fully saturated rings. The molecule has 0 bridgehead atoms. The molecule has 24 heavy (non-hydrogen) atoms. The van der Waals surface area contributed by atoms with Crippen LogP contribution in [0.2, 0.25) is 0 Å². The lowest BCUT2D eigenvalue weighted by molar-refractivity contribution is -0.135. The van der Waals surface area contributed by atoms with Gasteiger partial charge >= 0.3 is 0 Å². The van der Waals surface area contributed by atoms with E-state index in [9.17, 15) is 14.4 Å². The molecule has 0 aliphatic carbocycles. The minimum absolute atomic E-state index is 0.223. The monoisotopic (exact) mass is 327 g/mol. The molecular formula is C18H21N3O3. The Morgan fingerprint density at radius 3 is 2.54 bits per heavy atom. The van der Waals surface area contributed by atoms with Crippen molar-refractivity contribution in [1.29, 1.82) is 0 Å². The summed E-state index contributed by atoms with van der Waals surface area (Å²) in [6.45, 7) is 7.83. The largest absolute Gasteiger partial charge is 0.295 e. The number of hydrogen-bond acceptors (Lipinski definition) is 4. The van der Waals surface area contributed by atoms with E-state index < -0.39 is 11.9 Å². The average molecular weight is 327 g/mol. The number of carbonyl (C=O) groups excluding carboxylic acids is 2. The molecule has 1 saturated heterocycles. The highest BCUT2D eigenvalue weighted by Gasteiger charge is 2.31. The Morgan fingerprint density at radius 2 is 1.92 bits per heavy atom. The second-order valence-corrected chi connectivity index (χ2v) is 7.25. The highest BCUT2D eigenvalue weighted by Crippen LogP contribution is 2.28. The molecule has 0 spiro atoms. The van der Waals surface area contributed by atoms with Gasteiger partial charge < -0.3 is 0 Å². The van der Waals surface area contributed by atoms with Crippen LogP contribution in [0.25, 0.3) is 10.9 Å². The smallest absolute Gasteiger partial charge is 0.262 e. The molecule has 0 radical (unpaired) electrons. The van der Waals surface area contributed by atoms with Crippen molar-refractivity contribution in [2.24, 2.45) is 0 Å². The molecule has 6 nitrogen and oxygen atoms in total. The Balaban J connectivity index is 2.29. The van der Waals surface area contributed by atoms with E-state index in [0.717, 1.165) is 5.56 Å². The lowest BCUT2D eigenvalue weighted by Gasteiger charge is -2.26. The number of carbonyl (C=O) groups is 2. The summed E-state index contributed by atoms with van der Waals surface area (Å²) in [6, 6.07) is 4.94. The normalized spacial score (nSPS) is 18.8. The fraction of sp³-hybridized carbons (Fsp3) is 0.444. The molecule has 0 saturated carbocycles. The number of fused-ring (bicyclic) bond motifs is 1. The molecule has 2 amide bonds. The molecule has 1 aliphatic rings. The van der Waals surface area contributed by atoms with Gasteiger partial charge in [0.1, 0.15) is 11.9 Å². The molecular weight excluding hydrogens is 306 g/mol. The fourth-order valence-corrected chi connectivity index (χ4v) is 3.27. The van der Waals surface area contributed by atoms with Gasteiger partial charge in [-0.25, -0.2) is 4.98 Å². The topological polar surface area (TPSA) is 81.1 Å². The minimum Gasteiger partial charge on any atom is -0.295 e. The summed E-state index contributed by atoms with van der Waals surface area (Å²) in [4.78, 5) is 41.3. The van der Waals surface area contributed by atoms with Crippen molar-refractivity contribution in [2.75, 3.05) is 0 Å². The number of aryl methyl sites for hydroxylation is 1. The van der Waals surface area contributed by atoms with Gasteiger partial charge in [0.25, 0.3) is 5.56 Å². The zero-order valence-corrected chi connectivity index (χ0v) is 14.3. The molecule has 1 aromatic heterocycles. The minimum atomic E-state index is -0.694. The molecule has 126 valence electrons. The predicted molar refractivity (Wildman–Crippen MR) is 90.9 cm³/mol. The fourth-order valence-electron chi connectivity index (χ4n) is 3.27.